The Balaban J connectivity index is 1.85. The molecular weight excluding hydrogens is 276 g/mol. The fraction of sp³-hybridized carbons (Fsp3) is 0.500. The molecule has 2 rings (SSSR count). The van der Waals surface area contributed by atoms with Crippen LogP contribution in [0, 0.1) is 5.92 Å². The number of benzene rings is 1. The van der Waals surface area contributed by atoms with Crippen LogP contribution in [0.2, 0.25) is 0 Å². The van der Waals surface area contributed by atoms with E-state index in [-0.39, 0.29) is 12.6 Å². The van der Waals surface area contributed by atoms with E-state index >= 15 is 0 Å². The molecule has 1 saturated carbocycles. The van der Waals surface area contributed by atoms with Gasteiger partial charge >= 0.3 is 6.09 Å². The molecule has 0 aliphatic heterocycles. The van der Waals surface area contributed by atoms with Crippen molar-refractivity contribution < 1.29 is 13.7 Å². The molecule has 0 saturated heterocycles. The summed E-state index contributed by atoms with van der Waals surface area (Å²) in [7, 11) is -2.52. The number of carbonyl (C=O) groups is 1. The van der Waals surface area contributed by atoms with Gasteiger partial charge in [0.05, 0.1) is 9.73 Å². The van der Waals surface area contributed by atoms with Crippen LogP contribution in [0.5, 0.6) is 0 Å². The Kier molecular flexibility index (Phi) is 4.77. The van der Waals surface area contributed by atoms with E-state index in [1.807, 2.05) is 30.3 Å². The van der Waals surface area contributed by atoms with Gasteiger partial charge in [-0.25, -0.2) is 9.00 Å². The third kappa shape index (κ3) is 4.61. The molecule has 2 N–H and O–H groups in total. The van der Waals surface area contributed by atoms with Crippen LogP contribution in [0.1, 0.15) is 18.4 Å². The third-order valence-electron chi connectivity index (χ3n) is 3.29. The van der Waals surface area contributed by atoms with Gasteiger partial charge < -0.3 is 10.5 Å². The average molecular weight is 296 g/mol. The summed E-state index contributed by atoms with van der Waals surface area (Å²) in [6.07, 6.45) is 2.46. The highest BCUT2D eigenvalue weighted by Crippen LogP contribution is 2.27. The Morgan fingerprint density at radius 1 is 1.40 bits per heavy atom. The molecule has 5 nitrogen and oxygen atoms in total. The Morgan fingerprint density at radius 3 is 2.65 bits per heavy atom. The van der Waals surface area contributed by atoms with E-state index in [0.717, 1.165) is 18.4 Å². The van der Waals surface area contributed by atoms with Gasteiger partial charge in [0.25, 0.3) is 0 Å². The van der Waals surface area contributed by atoms with Crippen molar-refractivity contribution >= 4 is 15.8 Å². The highest BCUT2D eigenvalue weighted by Gasteiger charge is 2.28. The lowest BCUT2D eigenvalue weighted by atomic mass is 9.82. The minimum absolute atomic E-state index is 0.146. The van der Waals surface area contributed by atoms with Gasteiger partial charge in [-0.1, -0.05) is 30.3 Å². The van der Waals surface area contributed by atoms with Gasteiger partial charge in [0.1, 0.15) is 6.61 Å². The summed E-state index contributed by atoms with van der Waals surface area (Å²) in [4.78, 5) is 11.6. The zero-order valence-corrected chi connectivity index (χ0v) is 12.3. The summed E-state index contributed by atoms with van der Waals surface area (Å²) < 4.78 is 20.9. The van der Waals surface area contributed by atoms with Gasteiger partial charge in [0.15, 0.2) is 0 Å². The molecule has 1 aliphatic rings. The molecule has 0 spiro atoms. The average Bonchev–Trinajstić information content (AvgIpc) is 2.35. The first-order chi connectivity index (χ1) is 9.44. The highest BCUT2D eigenvalue weighted by molar-refractivity contribution is 7.93. The number of rotatable bonds is 4. The highest BCUT2D eigenvalue weighted by atomic mass is 32.2. The summed E-state index contributed by atoms with van der Waals surface area (Å²) >= 11 is 0. The van der Waals surface area contributed by atoms with E-state index in [0.29, 0.717) is 11.7 Å². The van der Waals surface area contributed by atoms with E-state index in [9.17, 15) is 9.00 Å². The van der Waals surface area contributed by atoms with Gasteiger partial charge in [0, 0.05) is 18.1 Å². The second-order valence-electron chi connectivity index (χ2n) is 5.36. The van der Waals surface area contributed by atoms with Crippen LogP contribution >= 0.6 is 0 Å². The fourth-order valence-electron chi connectivity index (χ4n) is 2.30. The molecule has 1 amide bonds. The topological polar surface area (TPSA) is 81.8 Å². The SMILES string of the molecule is CS(=O)(CC1CC(N)C1)=NC(=O)OCc1ccccc1. The number of hydrogen-bond donors (Lipinski definition) is 1. The molecule has 0 heterocycles. The largest absolute Gasteiger partial charge is 0.443 e. The van der Waals surface area contributed by atoms with Crippen molar-refractivity contribution in [3.8, 4) is 0 Å². The van der Waals surface area contributed by atoms with Gasteiger partial charge in [-0.05, 0) is 24.3 Å². The Labute approximate surface area is 119 Å². The van der Waals surface area contributed by atoms with Gasteiger partial charge in [-0.3, -0.25) is 0 Å². The van der Waals surface area contributed by atoms with Gasteiger partial charge in [0.2, 0.25) is 0 Å². The maximum absolute atomic E-state index is 12.2. The molecule has 1 fully saturated rings. The first-order valence-corrected chi connectivity index (χ1v) is 8.70. The number of amides is 1. The number of ether oxygens (including phenoxy) is 1. The predicted octanol–water partition coefficient (Wildman–Crippen LogP) is 2.16. The Morgan fingerprint density at radius 2 is 2.05 bits per heavy atom. The second kappa shape index (κ2) is 6.37. The van der Waals surface area contributed by atoms with Crippen molar-refractivity contribution in [2.75, 3.05) is 12.0 Å². The van der Waals surface area contributed by atoms with Crippen molar-refractivity contribution in [2.45, 2.75) is 25.5 Å². The second-order valence-corrected chi connectivity index (χ2v) is 7.79. The minimum Gasteiger partial charge on any atom is -0.443 e. The van der Waals surface area contributed by atoms with Gasteiger partial charge in [-0.2, -0.15) is 0 Å². The number of hydrogen-bond acceptors (Lipinski definition) is 4. The molecule has 20 heavy (non-hydrogen) atoms. The molecule has 1 aliphatic carbocycles. The maximum Gasteiger partial charge on any atom is 0.442 e. The van der Waals surface area contributed by atoms with Crippen LogP contribution in [-0.4, -0.2) is 28.4 Å². The summed E-state index contributed by atoms with van der Waals surface area (Å²) in [5.41, 5.74) is 6.56. The van der Waals surface area contributed by atoms with E-state index in [1.54, 1.807) is 0 Å². The van der Waals surface area contributed by atoms with Crippen LogP contribution in [-0.2, 0) is 21.1 Å². The molecule has 6 heteroatoms. The normalized spacial score (nSPS) is 24.3. The molecule has 0 bridgehead atoms. The van der Waals surface area contributed by atoms with E-state index in [4.69, 9.17) is 10.5 Å². The standard InChI is InChI=1S/C14H20N2O3S/c1-20(18,10-12-7-13(15)8-12)16-14(17)19-9-11-5-3-2-4-6-11/h2-6,12-13H,7-10,15H2,1H3. The van der Waals surface area contributed by atoms with Crippen molar-refractivity contribution in [3.63, 3.8) is 0 Å². The lowest BCUT2D eigenvalue weighted by molar-refractivity contribution is 0.151. The van der Waals surface area contributed by atoms with Crippen molar-refractivity contribution in [1.29, 1.82) is 0 Å². The predicted molar refractivity (Wildman–Crippen MR) is 78.7 cm³/mol. The molecule has 0 aromatic heterocycles. The first kappa shape index (κ1) is 15.0. The van der Waals surface area contributed by atoms with Crippen LogP contribution in [0.3, 0.4) is 0 Å². The summed E-state index contributed by atoms with van der Waals surface area (Å²) in [6.45, 7) is 0.146. The first-order valence-electron chi connectivity index (χ1n) is 6.61. The van der Waals surface area contributed by atoms with Crippen LogP contribution in [0.15, 0.2) is 34.7 Å². The van der Waals surface area contributed by atoms with Crippen LogP contribution in [0.25, 0.3) is 0 Å². The quantitative estimate of drug-likeness (QED) is 0.923. The third-order valence-corrected chi connectivity index (χ3v) is 4.92. The summed E-state index contributed by atoms with van der Waals surface area (Å²) in [5.74, 6) is 0.731. The molecule has 0 radical (unpaired) electrons. The Bertz CT molecular complexity index is 573. The summed E-state index contributed by atoms with van der Waals surface area (Å²) in [6, 6.07) is 9.53. The van der Waals surface area contributed by atoms with Crippen molar-refractivity contribution in [2.24, 2.45) is 16.0 Å². The van der Waals surface area contributed by atoms with E-state index in [2.05, 4.69) is 4.36 Å². The van der Waals surface area contributed by atoms with Crippen LogP contribution < -0.4 is 5.73 Å². The monoisotopic (exact) mass is 296 g/mol. The fourth-order valence-corrected chi connectivity index (χ4v) is 3.89. The van der Waals surface area contributed by atoms with Crippen LogP contribution in [0.4, 0.5) is 4.79 Å². The van der Waals surface area contributed by atoms with Gasteiger partial charge in [-0.15, -0.1) is 4.36 Å². The zero-order chi connectivity index (χ0) is 14.6. The lowest BCUT2D eigenvalue weighted by Gasteiger charge is -2.32. The minimum atomic E-state index is -2.52. The molecule has 1 aromatic carbocycles. The number of nitrogens with zero attached hydrogens (tertiary/aromatic N) is 1. The maximum atomic E-state index is 12.2. The van der Waals surface area contributed by atoms with E-state index in [1.165, 1.54) is 6.26 Å². The van der Waals surface area contributed by atoms with E-state index < -0.39 is 15.8 Å². The molecule has 1 unspecified atom stereocenters. The number of nitrogens with two attached hydrogens (primary N) is 1. The summed E-state index contributed by atoms with van der Waals surface area (Å²) in [5, 5.41) is 0. The molecule has 1 atom stereocenters. The lowest BCUT2D eigenvalue weighted by Crippen LogP contribution is -2.39. The molecule has 1 aromatic rings. The van der Waals surface area contributed by atoms with Crippen molar-refractivity contribution in [3.05, 3.63) is 35.9 Å². The number of carbonyl (C=O) groups excluding carboxylic acids is 1. The Hall–Kier alpha value is -1.40. The molecular formula is C14H20N2O3S. The molecule has 110 valence electrons. The smallest absolute Gasteiger partial charge is 0.442 e. The van der Waals surface area contributed by atoms with Crippen molar-refractivity contribution in [1.82, 2.24) is 0 Å². The zero-order valence-electron chi connectivity index (χ0n) is 11.5.